The summed E-state index contributed by atoms with van der Waals surface area (Å²) in [5, 5.41) is 3.23. The van der Waals surface area contributed by atoms with Gasteiger partial charge in [0, 0.05) is 36.9 Å². The van der Waals surface area contributed by atoms with Gasteiger partial charge in [0.2, 0.25) is 0 Å². The number of nitrogens with zero attached hydrogens (tertiary/aromatic N) is 2. The molecule has 0 spiro atoms. The van der Waals surface area contributed by atoms with Crippen LogP contribution < -0.4 is 0 Å². The molecule has 0 saturated carbocycles. The van der Waals surface area contributed by atoms with Crippen LogP contribution in [0.5, 0.6) is 0 Å². The second-order valence-corrected chi connectivity index (χ2v) is 5.64. The van der Waals surface area contributed by atoms with Crippen LogP contribution in [0, 0.1) is 12.8 Å². The van der Waals surface area contributed by atoms with Gasteiger partial charge < -0.3 is 0 Å². The van der Waals surface area contributed by atoms with E-state index in [0.29, 0.717) is 18.2 Å². The number of aryl methyl sites for hydroxylation is 1. The summed E-state index contributed by atoms with van der Waals surface area (Å²) in [6.07, 6.45) is 0.689. The maximum atomic E-state index is 11.6. The molecule has 0 bridgehead atoms. The Labute approximate surface area is 100 Å². The predicted octanol–water partition coefficient (Wildman–Crippen LogP) is 2.25. The minimum atomic E-state index is 0.161. The van der Waals surface area contributed by atoms with Crippen LogP contribution in [0.1, 0.15) is 31.0 Å². The van der Waals surface area contributed by atoms with Crippen LogP contribution in [0.3, 0.4) is 0 Å². The lowest BCUT2D eigenvalue weighted by atomic mass is 9.91. The number of carbonyl (C=O) groups excluding carboxylic acids is 1. The van der Waals surface area contributed by atoms with E-state index in [1.165, 1.54) is 0 Å². The second-order valence-electron chi connectivity index (χ2n) is 4.57. The monoisotopic (exact) mass is 238 g/mol. The van der Waals surface area contributed by atoms with Gasteiger partial charge in [-0.25, -0.2) is 4.98 Å². The Kier molecular flexibility index (Phi) is 3.40. The predicted molar refractivity (Wildman–Crippen MR) is 65.5 cm³/mol. The van der Waals surface area contributed by atoms with Crippen LogP contribution in [-0.4, -0.2) is 28.3 Å². The first kappa shape index (κ1) is 11.7. The van der Waals surface area contributed by atoms with E-state index in [1.807, 2.05) is 13.8 Å². The van der Waals surface area contributed by atoms with E-state index in [1.54, 1.807) is 11.3 Å². The molecule has 88 valence electrons. The first-order chi connectivity index (χ1) is 7.58. The highest BCUT2D eigenvalue weighted by molar-refractivity contribution is 7.09. The van der Waals surface area contributed by atoms with Crippen LogP contribution >= 0.6 is 11.3 Å². The summed E-state index contributed by atoms with van der Waals surface area (Å²) >= 11 is 1.69. The summed E-state index contributed by atoms with van der Waals surface area (Å²) in [4.78, 5) is 18.4. The lowest BCUT2D eigenvalue weighted by molar-refractivity contribution is -0.128. The fourth-order valence-corrected chi connectivity index (χ4v) is 2.79. The topological polar surface area (TPSA) is 33.2 Å². The van der Waals surface area contributed by atoms with Crippen LogP contribution in [0.25, 0.3) is 0 Å². The highest BCUT2D eigenvalue weighted by atomic mass is 32.1. The molecule has 0 amide bonds. The SMILES string of the molecule is Cc1nc(CN2CCC(=O)C(C)C2C)cs1. The molecule has 2 heterocycles. The molecule has 0 aromatic carbocycles. The molecule has 4 heteroatoms. The van der Waals surface area contributed by atoms with E-state index in [9.17, 15) is 4.79 Å². The number of likely N-dealkylation sites (tertiary alicyclic amines) is 1. The van der Waals surface area contributed by atoms with E-state index in [0.717, 1.165) is 23.8 Å². The quantitative estimate of drug-likeness (QED) is 0.792. The van der Waals surface area contributed by atoms with Gasteiger partial charge in [0.1, 0.15) is 5.78 Å². The molecule has 1 aliphatic heterocycles. The Morgan fingerprint density at radius 3 is 2.94 bits per heavy atom. The highest BCUT2D eigenvalue weighted by Gasteiger charge is 2.30. The Morgan fingerprint density at radius 2 is 2.31 bits per heavy atom. The third-order valence-electron chi connectivity index (χ3n) is 3.48. The second kappa shape index (κ2) is 4.63. The number of piperidine rings is 1. The summed E-state index contributed by atoms with van der Waals surface area (Å²) in [5.74, 6) is 0.562. The summed E-state index contributed by atoms with van der Waals surface area (Å²) in [5.41, 5.74) is 1.14. The smallest absolute Gasteiger partial charge is 0.138 e. The first-order valence-corrected chi connectivity index (χ1v) is 6.63. The average molecular weight is 238 g/mol. The molecule has 0 aliphatic carbocycles. The highest BCUT2D eigenvalue weighted by Crippen LogP contribution is 2.22. The molecule has 3 nitrogen and oxygen atoms in total. The number of thiazole rings is 1. The summed E-state index contributed by atoms with van der Waals surface area (Å²) < 4.78 is 0. The van der Waals surface area contributed by atoms with E-state index >= 15 is 0 Å². The molecule has 1 aromatic rings. The standard InChI is InChI=1S/C12H18N2OS/c1-8-9(2)14(5-4-12(8)15)6-11-7-16-10(3)13-11/h7-9H,4-6H2,1-3H3. The number of rotatable bonds is 2. The van der Waals surface area contributed by atoms with Gasteiger partial charge in [-0.2, -0.15) is 0 Å². The summed E-state index contributed by atoms with van der Waals surface area (Å²) in [7, 11) is 0. The Balaban J connectivity index is 2.02. The Hall–Kier alpha value is -0.740. The van der Waals surface area contributed by atoms with Crippen molar-refractivity contribution in [2.45, 2.75) is 39.8 Å². The zero-order valence-corrected chi connectivity index (χ0v) is 10.9. The zero-order valence-electron chi connectivity index (χ0n) is 10.1. The van der Waals surface area contributed by atoms with Gasteiger partial charge in [0.05, 0.1) is 10.7 Å². The van der Waals surface area contributed by atoms with E-state index < -0.39 is 0 Å². The first-order valence-electron chi connectivity index (χ1n) is 5.75. The van der Waals surface area contributed by atoms with Crippen molar-refractivity contribution in [1.82, 2.24) is 9.88 Å². The molecule has 1 saturated heterocycles. The minimum Gasteiger partial charge on any atom is -0.299 e. The fraction of sp³-hybridized carbons (Fsp3) is 0.667. The third kappa shape index (κ3) is 2.33. The van der Waals surface area contributed by atoms with E-state index in [2.05, 4.69) is 22.2 Å². The third-order valence-corrected chi connectivity index (χ3v) is 4.31. The van der Waals surface area contributed by atoms with E-state index in [4.69, 9.17) is 0 Å². The van der Waals surface area contributed by atoms with Crippen molar-refractivity contribution >= 4 is 17.1 Å². The molecule has 1 aromatic heterocycles. The maximum absolute atomic E-state index is 11.6. The van der Waals surface area contributed by atoms with Gasteiger partial charge in [0.15, 0.2) is 0 Å². The molecule has 16 heavy (non-hydrogen) atoms. The normalized spacial score (nSPS) is 27.3. The van der Waals surface area contributed by atoms with E-state index in [-0.39, 0.29) is 5.92 Å². The Bertz CT molecular complexity index is 388. The number of Topliss-reactive ketones (excluding diaryl/α,β-unsaturated/α-hetero) is 1. The Morgan fingerprint density at radius 1 is 1.56 bits per heavy atom. The number of aromatic nitrogens is 1. The van der Waals surface area contributed by atoms with Crippen molar-refractivity contribution < 1.29 is 4.79 Å². The molecule has 2 unspecified atom stereocenters. The number of carbonyl (C=O) groups is 1. The average Bonchev–Trinajstić information content (AvgIpc) is 2.65. The molecule has 1 fully saturated rings. The van der Waals surface area contributed by atoms with Gasteiger partial charge >= 0.3 is 0 Å². The minimum absolute atomic E-state index is 0.161. The number of hydrogen-bond donors (Lipinski definition) is 0. The molecule has 1 aliphatic rings. The molecular weight excluding hydrogens is 220 g/mol. The van der Waals surface area contributed by atoms with Crippen molar-refractivity contribution in [3.63, 3.8) is 0 Å². The van der Waals surface area contributed by atoms with Crippen LogP contribution in [0.2, 0.25) is 0 Å². The van der Waals surface area contributed by atoms with Crippen LogP contribution in [0.15, 0.2) is 5.38 Å². The molecule has 2 rings (SSSR count). The molecule has 0 radical (unpaired) electrons. The van der Waals surface area contributed by atoms with Gasteiger partial charge in [-0.05, 0) is 13.8 Å². The summed E-state index contributed by atoms with van der Waals surface area (Å²) in [6.45, 7) is 7.95. The lowest BCUT2D eigenvalue weighted by Gasteiger charge is -2.36. The zero-order chi connectivity index (χ0) is 11.7. The molecule has 0 N–H and O–H groups in total. The maximum Gasteiger partial charge on any atom is 0.138 e. The van der Waals surface area contributed by atoms with Crippen molar-refractivity contribution in [1.29, 1.82) is 0 Å². The lowest BCUT2D eigenvalue weighted by Crippen LogP contribution is -2.46. The largest absolute Gasteiger partial charge is 0.299 e. The van der Waals surface area contributed by atoms with Gasteiger partial charge in [-0.3, -0.25) is 9.69 Å². The molecular formula is C12H18N2OS. The fourth-order valence-electron chi connectivity index (χ4n) is 2.18. The number of hydrogen-bond acceptors (Lipinski definition) is 4. The van der Waals surface area contributed by atoms with Crippen molar-refractivity contribution in [2.24, 2.45) is 5.92 Å². The van der Waals surface area contributed by atoms with Gasteiger partial charge in [-0.15, -0.1) is 11.3 Å². The summed E-state index contributed by atoms with van der Waals surface area (Å²) in [6, 6.07) is 0.336. The van der Waals surface area contributed by atoms with Crippen LogP contribution in [0.4, 0.5) is 0 Å². The van der Waals surface area contributed by atoms with Crippen molar-refractivity contribution in [2.75, 3.05) is 6.54 Å². The van der Waals surface area contributed by atoms with Crippen LogP contribution in [-0.2, 0) is 11.3 Å². The van der Waals surface area contributed by atoms with Crippen molar-refractivity contribution in [3.8, 4) is 0 Å². The number of ketones is 1. The van der Waals surface area contributed by atoms with Crippen molar-refractivity contribution in [3.05, 3.63) is 16.1 Å². The van der Waals surface area contributed by atoms with Gasteiger partial charge in [-0.1, -0.05) is 6.92 Å². The van der Waals surface area contributed by atoms with Gasteiger partial charge in [0.25, 0.3) is 0 Å². The molecule has 2 atom stereocenters.